The van der Waals surface area contributed by atoms with E-state index in [4.69, 9.17) is 11.6 Å². The molecule has 1 aliphatic heterocycles. The average molecular weight is 526 g/mol. The maximum Gasteiger partial charge on any atom is 0.264 e. The number of hydrogen-bond donors (Lipinski definition) is 1. The van der Waals surface area contributed by atoms with Gasteiger partial charge in [0.25, 0.3) is 10.0 Å². The highest BCUT2D eigenvalue weighted by molar-refractivity contribution is 7.92. The van der Waals surface area contributed by atoms with Crippen LogP contribution in [-0.2, 0) is 27.9 Å². The standard InChI is InChI=1S/C28H32ClN3O3S/c1-22-18-25(29)14-15-27(22)32(36(34,35)26-8-4-2-5-9-26)21-28(33)30-19-23-10-12-24(13-11-23)20-31-16-6-3-7-17-31/h2,4-5,8-15,18H,3,6-7,16-17,19-21H2,1H3,(H,30,33). The minimum atomic E-state index is -3.96. The average Bonchev–Trinajstić information content (AvgIpc) is 2.88. The van der Waals surface area contributed by atoms with Crippen LogP contribution in [0.25, 0.3) is 0 Å². The van der Waals surface area contributed by atoms with E-state index in [1.165, 1.54) is 37.0 Å². The van der Waals surface area contributed by atoms with Gasteiger partial charge in [-0.05, 0) is 79.9 Å². The summed E-state index contributed by atoms with van der Waals surface area (Å²) >= 11 is 6.09. The zero-order chi connectivity index (χ0) is 25.5. The number of amides is 1. The Labute approximate surface area is 218 Å². The van der Waals surface area contributed by atoms with E-state index in [1.54, 1.807) is 43.3 Å². The van der Waals surface area contributed by atoms with Gasteiger partial charge in [0.05, 0.1) is 10.6 Å². The minimum absolute atomic E-state index is 0.122. The van der Waals surface area contributed by atoms with E-state index in [2.05, 4.69) is 22.3 Å². The van der Waals surface area contributed by atoms with Gasteiger partial charge in [-0.15, -0.1) is 0 Å². The summed E-state index contributed by atoms with van der Waals surface area (Å²) in [4.78, 5) is 15.5. The second kappa shape index (κ2) is 11.9. The molecule has 4 rings (SSSR count). The summed E-state index contributed by atoms with van der Waals surface area (Å²) in [5, 5.41) is 3.37. The van der Waals surface area contributed by atoms with Crippen molar-refractivity contribution in [2.75, 3.05) is 23.9 Å². The van der Waals surface area contributed by atoms with E-state index in [0.29, 0.717) is 22.8 Å². The lowest BCUT2D eigenvalue weighted by Gasteiger charge is -2.26. The van der Waals surface area contributed by atoms with Gasteiger partial charge in [0.2, 0.25) is 5.91 Å². The summed E-state index contributed by atoms with van der Waals surface area (Å²) in [6.07, 6.45) is 3.84. The van der Waals surface area contributed by atoms with E-state index in [9.17, 15) is 13.2 Å². The molecule has 1 fully saturated rings. The summed E-state index contributed by atoms with van der Waals surface area (Å²) in [6, 6.07) is 21.3. The molecule has 8 heteroatoms. The Bertz CT molecular complexity index is 1280. The number of nitrogens with zero attached hydrogens (tertiary/aromatic N) is 2. The van der Waals surface area contributed by atoms with E-state index in [-0.39, 0.29) is 17.3 Å². The Morgan fingerprint density at radius 3 is 2.28 bits per heavy atom. The van der Waals surface area contributed by atoms with Crippen molar-refractivity contribution in [2.24, 2.45) is 0 Å². The normalized spacial score (nSPS) is 14.4. The molecule has 190 valence electrons. The van der Waals surface area contributed by atoms with Crippen molar-refractivity contribution < 1.29 is 13.2 Å². The van der Waals surface area contributed by atoms with Gasteiger partial charge in [0.1, 0.15) is 6.54 Å². The van der Waals surface area contributed by atoms with Crippen molar-refractivity contribution in [3.63, 3.8) is 0 Å². The number of carbonyl (C=O) groups excluding carboxylic acids is 1. The van der Waals surface area contributed by atoms with Crippen molar-refractivity contribution in [3.8, 4) is 0 Å². The van der Waals surface area contributed by atoms with Gasteiger partial charge in [-0.3, -0.25) is 14.0 Å². The minimum Gasteiger partial charge on any atom is -0.350 e. The van der Waals surface area contributed by atoms with Crippen molar-refractivity contribution in [1.29, 1.82) is 0 Å². The summed E-state index contributed by atoms with van der Waals surface area (Å²) in [6.45, 7) is 4.99. The third-order valence-corrected chi connectivity index (χ3v) is 8.42. The molecule has 1 saturated heterocycles. The fraction of sp³-hybridized carbons (Fsp3) is 0.321. The Kier molecular flexibility index (Phi) is 8.67. The smallest absolute Gasteiger partial charge is 0.264 e. The second-order valence-electron chi connectivity index (χ2n) is 9.19. The first-order valence-electron chi connectivity index (χ1n) is 12.2. The maximum atomic E-state index is 13.5. The molecule has 0 unspecified atom stereocenters. The van der Waals surface area contributed by atoms with Crippen LogP contribution >= 0.6 is 11.6 Å². The van der Waals surface area contributed by atoms with Crippen LogP contribution in [0.15, 0.2) is 77.7 Å². The molecule has 0 saturated carbocycles. The summed E-state index contributed by atoms with van der Waals surface area (Å²) in [5.41, 5.74) is 3.30. The fourth-order valence-electron chi connectivity index (χ4n) is 4.44. The number of halogens is 1. The van der Waals surface area contributed by atoms with Gasteiger partial charge in [0.15, 0.2) is 0 Å². The lowest BCUT2D eigenvalue weighted by atomic mass is 10.1. The van der Waals surface area contributed by atoms with Gasteiger partial charge in [-0.25, -0.2) is 8.42 Å². The fourth-order valence-corrected chi connectivity index (χ4v) is 6.18. The molecule has 0 aliphatic carbocycles. The molecule has 1 amide bonds. The molecule has 1 aliphatic rings. The number of rotatable bonds is 9. The number of likely N-dealkylation sites (tertiary alicyclic amines) is 1. The van der Waals surface area contributed by atoms with E-state index in [0.717, 1.165) is 29.5 Å². The lowest BCUT2D eigenvalue weighted by Crippen LogP contribution is -2.41. The topological polar surface area (TPSA) is 69.7 Å². The molecule has 0 spiro atoms. The van der Waals surface area contributed by atoms with Crippen LogP contribution in [0.5, 0.6) is 0 Å². The molecule has 1 heterocycles. The van der Waals surface area contributed by atoms with Crippen LogP contribution in [0.3, 0.4) is 0 Å². The van der Waals surface area contributed by atoms with Gasteiger partial charge in [-0.2, -0.15) is 0 Å². The van der Waals surface area contributed by atoms with E-state index >= 15 is 0 Å². The van der Waals surface area contributed by atoms with Crippen LogP contribution in [0.2, 0.25) is 5.02 Å². The first kappa shape index (κ1) is 26.2. The van der Waals surface area contributed by atoms with Crippen LogP contribution in [0, 0.1) is 6.92 Å². The van der Waals surface area contributed by atoms with E-state index < -0.39 is 10.0 Å². The zero-order valence-electron chi connectivity index (χ0n) is 20.5. The first-order chi connectivity index (χ1) is 17.3. The number of benzene rings is 3. The summed E-state index contributed by atoms with van der Waals surface area (Å²) in [5.74, 6) is -0.388. The molecular weight excluding hydrogens is 494 g/mol. The second-order valence-corrected chi connectivity index (χ2v) is 11.5. The third-order valence-electron chi connectivity index (χ3n) is 6.41. The molecule has 36 heavy (non-hydrogen) atoms. The van der Waals surface area contributed by atoms with Crippen molar-refractivity contribution in [3.05, 3.63) is 94.5 Å². The van der Waals surface area contributed by atoms with Gasteiger partial charge in [0, 0.05) is 18.1 Å². The number of hydrogen-bond acceptors (Lipinski definition) is 4. The Balaban J connectivity index is 1.44. The van der Waals surface area contributed by atoms with Gasteiger partial charge < -0.3 is 5.32 Å². The van der Waals surface area contributed by atoms with Gasteiger partial charge in [-0.1, -0.05) is 60.5 Å². The Hall–Kier alpha value is -2.87. The summed E-state index contributed by atoms with van der Waals surface area (Å²) in [7, 11) is -3.96. The molecule has 0 atom stereocenters. The number of aryl methyl sites for hydroxylation is 1. The number of sulfonamides is 1. The predicted octanol–water partition coefficient (Wildman–Crippen LogP) is 5.15. The molecule has 6 nitrogen and oxygen atoms in total. The molecule has 1 N–H and O–H groups in total. The summed E-state index contributed by atoms with van der Waals surface area (Å²) < 4.78 is 28.1. The molecule has 0 aromatic heterocycles. The first-order valence-corrected chi connectivity index (χ1v) is 14.1. The highest BCUT2D eigenvalue weighted by Gasteiger charge is 2.28. The highest BCUT2D eigenvalue weighted by Crippen LogP contribution is 2.28. The van der Waals surface area contributed by atoms with Crippen molar-refractivity contribution in [1.82, 2.24) is 10.2 Å². The molecule has 3 aromatic rings. The van der Waals surface area contributed by atoms with Crippen LogP contribution < -0.4 is 9.62 Å². The van der Waals surface area contributed by atoms with Crippen molar-refractivity contribution >= 4 is 33.2 Å². The lowest BCUT2D eigenvalue weighted by molar-refractivity contribution is -0.119. The molecule has 0 bridgehead atoms. The predicted molar refractivity (Wildman–Crippen MR) is 145 cm³/mol. The quantitative estimate of drug-likeness (QED) is 0.419. The van der Waals surface area contributed by atoms with E-state index in [1.807, 2.05) is 12.1 Å². The Morgan fingerprint density at radius 2 is 1.61 bits per heavy atom. The Morgan fingerprint density at radius 1 is 0.944 bits per heavy atom. The SMILES string of the molecule is Cc1cc(Cl)ccc1N(CC(=O)NCc1ccc(CN2CCCCC2)cc1)S(=O)(=O)c1ccccc1. The van der Waals surface area contributed by atoms with Crippen LogP contribution in [0.1, 0.15) is 36.0 Å². The maximum absolute atomic E-state index is 13.5. The third kappa shape index (κ3) is 6.66. The molecular formula is C28H32ClN3O3S. The highest BCUT2D eigenvalue weighted by atomic mass is 35.5. The number of carbonyl (C=O) groups is 1. The number of anilines is 1. The van der Waals surface area contributed by atoms with Crippen molar-refractivity contribution in [2.45, 2.75) is 44.2 Å². The molecule has 0 radical (unpaired) electrons. The molecule has 3 aromatic carbocycles. The largest absolute Gasteiger partial charge is 0.350 e. The van der Waals surface area contributed by atoms with Crippen LogP contribution in [-0.4, -0.2) is 38.9 Å². The number of piperidine rings is 1. The number of nitrogens with one attached hydrogen (secondary N) is 1. The zero-order valence-corrected chi connectivity index (χ0v) is 22.1. The monoisotopic (exact) mass is 525 g/mol. The van der Waals surface area contributed by atoms with Gasteiger partial charge >= 0.3 is 0 Å². The van der Waals surface area contributed by atoms with Crippen LogP contribution in [0.4, 0.5) is 5.69 Å².